The van der Waals surface area contributed by atoms with Crippen molar-refractivity contribution in [3.8, 4) is 17.2 Å². The molecule has 0 aliphatic heterocycles. The number of aryl methyl sites for hydroxylation is 1. The molecule has 0 amide bonds. The Morgan fingerprint density at radius 2 is 1.40 bits per heavy atom. The zero-order chi connectivity index (χ0) is 14.8. The van der Waals surface area contributed by atoms with Gasteiger partial charge in [-0.2, -0.15) is 0 Å². The second kappa shape index (κ2) is 9.51. The van der Waals surface area contributed by atoms with Crippen molar-refractivity contribution >= 4 is 0 Å². The lowest BCUT2D eigenvalue weighted by Gasteiger charge is -2.15. The summed E-state index contributed by atoms with van der Waals surface area (Å²) in [7, 11) is 4.97. The van der Waals surface area contributed by atoms with E-state index in [-0.39, 0.29) is 0 Å². The quantitative estimate of drug-likeness (QED) is 0.585. The molecule has 0 unspecified atom stereocenters. The van der Waals surface area contributed by atoms with Crippen molar-refractivity contribution in [3.05, 3.63) is 17.7 Å². The van der Waals surface area contributed by atoms with Gasteiger partial charge in [-0.3, -0.25) is 0 Å². The highest BCUT2D eigenvalue weighted by molar-refractivity contribution is 5.55. The first-order valence-corrected chi connectivity index (χ1v) is 7.56. The lowest BCUT2D eigenvalue weighted by atomic mass is 10.0. The third-order valence-corrected chi connectivity index (χ3v) is 3.59. The van der Waals surface area contributed by atoms with E-state index in [2.05, 4.69) is 13.0 Å². The van der Waals surface area contributed by atoms with E-state index >= 15 is 0 Å². The van der Waals surface area contributed by atoms with Crippen LogP contribution in [0.4, 0.5) is 0 Å². The van der Waals surface area contributed by atoms with Crippen LogP contribution in [0, 0.1) is 0 Å². The fourth-order valence-corrected chi connectivity index (χ4v) is 2.46. The first-order valence-electron chi connectivity index (χ1n) is 7.56. The number of benzene rings is 1. The highest BCUT2D eigenvalue weighted by Gasteiger charge is 2.15. The number of hydrogen-bond acceptors (Lipinski definition) is 3. The molecule has 0 bridgehead atoms. The second-order valence-electron chi connectivity index (χ2n) is 5.01. The van der Waals surface area contributed by atoms with Gasteiger partial charge in [0.15, 0.2) is 11.5 Å². The van der Waals surface area contributed by atoms with Gasteiger partial charge < -0.3 is 14.2 Å². The van der Waals surface area contributed by atoms with Gasteiger partial charge in [-0.05, 0) is 24.5 Å². The predicted molar refractivity (Wildman–Crippen MR) is 83.2 cm³/mol. The number of methoxy groups -OCH3 is 3. The smallest absolute Gasteiger partial charge is 0.203 e. The normalized spacial score (nSPS) is 10.4. The highest BCUT2D eigenvalue weighted by Crippen LogP contribution is 2.40. The van der Waals surface area contributed by atoms with Gasteiger partial charge in [-0.15, -0.1) is 0 Å². The minimum Gasteiger partial charge on any atom is -0.493 e. The Balaban J connectivity index is 2.61. The molecule has 0 aromatic heterocycles. The van der Waals surface area contributed by atoms with Crippen molar-refractivity contribution in [2.75, 3.05) is 21.3 Å². The molecule has 1 rings (SSSR count). The first-order chi connectivity index (χ1) is 9.78. The van der Waals surface area contributed by atoms with Crippen molar-refractivity contribution in [3.63, 3.8) is 0 Å². The summed E-state index contributed by atoms with van der Waals surface area (Å²) in [6.45, 7) is 2.24. The Morgan fingerprint density at radius 3 is 2.00 bits per heavy atom. The van der Waals surface area contributed by atoms with Crippen LogP contribution in [0.3, 0.4) is 0 Å². The van der Waals surface area contributed by atoms with Crippen LogP contribution in [0.25, 0.3) is 0 Å². The summed E-state index contributed by atoms with van der Waals surface area (Å²) in [6.07, 6.45) is 8.80. The van der Waals surface area contributed by atoms with Crippen LogP contribution in [-0.4, -0.2) is 21.3 Å². The summed E-state index contributed by atoms with van der Waals surface area (Å²) < 4.78 is 16.2. The van der Waals surface area contributed by atoms with E-state index in [4.69, 9.17) is 14.2 Å². The predicted octanol–water partition coefficient (Wildman–Crippen LogP) is 4.62. The third kappa shape index (κ3) is 4.62. The summed E-state index contributed by atoms with van der Waals surface area (Å²) in [4.78, 5) is 0. The molecule has 0 aliphatic carbocycles. The van der Waals surface area contributed by atoms with Crippen LogP contribution < -0.4 is 14.2 Å². The van der Waals surface area contributed by atoms with Crippen LogP contribution >= 0.6 is 0 Å². The van der Waals surface area contributed by atoms with E-state index < -0.39 is 0 Å². The van der Waals surface area contributed by atoms with Gasteiger partial charge in [0.25, 0.3) is 0 Å². The SMILES string of the molecule is CCCCCCCCc1ccc(OC)c(OC)c1OC. The fraction of sp³-hybridized carbons (Fsp3) is 0.647. The number of rotatable bonds is 10. The molecule has 0 heterocycles. The van der Waals surface area contributed by atoms with Gasteiger partial charge in [0, 0.05) is 0 Å². The van der Waals surface area contributed by atoms with Crippen LogP contribution in [0.1, 0.15) is 51.0 Å². The average molecular weight is 280 g/mol. The van der Waals surface area contributed by atoms with Crippen LogP contribution in [0.15, 0.2) is 12.1 Å². The molecule has 0 spiro atoms. The van der Waals surface area contributed by atoms with E-state index in [1.807, 2.05) is 6.07 Å². The second-order valence-corrected chi connectivity index (χ2v) is 5.01. The molecular formula is C17H28O3. The van der Waals surface area contributed by atoms with Crippen LogP contribution in [0.2, 0.25) is 0 Å². The summed E-state index contributed by atoms with van der Waals surface area (Å²) >= 11 is 0. The Kier molecular flexibility index (Phi) is 7.93. The molecule has 0 radical (unpaired) electrons. The largest absolute Gasteiger partial charge is 0.493 e. The van der Waals surface area contributed by atoms with Crippen molar-refractivity contribution in [1.29, 1.82) is 0 Å². The molecule has 3 nitrogen and oxygen atoms in total. The van der Waals surface area contributed by atoms with Crippen LogP contribution in [0.5, 0.6) is 17.2 Å². The van der Waals surface area contributed by atoms with Gasteiger partial charge in [0.2, 0.25) is 5.75 Å². The summed E-state index contributed by atoms with van der Waals surface area (Å²) in [6, 6.07) is 4.03. The van der Waals surface area contributed by atoms with Gasteiger partial charge in [-0.1, -0.05) is 45.1 Å². The fourth-order valence-electron chi connectivity index (χ4n) is 2.46. The standard InChI is InChI=1S/C17H28O3/c1-5-6-7-8-9-10-11-14-12-13-15(18-2)17(20-4)16(14)19-3/h12-13H,5-11H2,1-4H3. The molecule has 0 fully saturated rings. The molecule has 0 atom stereocenters. The summed E-state index contributed by atoms with van der Waals surface area (Å²) in [5.74, 6) is 2.22. The molecule has 114 valence electrons. The van der Waals surface area contributed by atoms with E-state index in [0.717, 1.165) is 17.9 Å². The van der Waals surface area contributed by atoms with E-state index in [9.17, 15) is 0 Å². The van der Waals surface area contributed by atoms with Crippen molar-refractivity contribution in [2.45, 2.75) is 51.9 Å². The Morgan fingerprint density at radius 1 is 0.750 bits per heavy atom. The Bertz CT molecular complexity index is 388. The molecule has 0 N–H and O–H groups in total. The topological polar surface area (TPSA) is 27.7 Å². The van der Waals surface area contributed by atoms with E-state index in [1.165, 1.54) is 44.1 Å². The number of unbranched alkanes of at least 4 members (excludes halogenated alkanes) is 5. The van der Waals surface area contributed by atoms with Crippen molar-refractivity contribution in [1.82, 2.24) is 0 Å². The Hall–Kier alpha value is -1.38. The van der Waals surface area contributed by atoms with Gasteiger partial charge in [0.1, 0.15) is 0 Å². The third-order valence-electron chi connectivity index (χ3n) is 3.59. The Labute approximate surface area is 123 Å². The lowest BCUT2D eigenvalue weighted by Crippen LogP contribution is -1.99. The van der Waals surface area contributed by atoms with Gasteiger partial charge >= 0.3 is 0 Å². The van der Waals surface area contributed by atoms with E-state index in [1.54, 1.807) is 21.3 Å². The minimum absolute atomic E-state index is 0.693. The highest BCUT2D eigenvalue weighted by atomic mass is 16.5. The molecule has 20 heavy (non-hydrogen) atoms. The van der Waals surface area contributed by atoms with Crippen molar-refractivity contribution < 1.29 is 14.2 Å². The van der Waals surface area contributed by atoms with Gasteiger partial charge in [0.05, 0.1) is 21.3 Å². The molecule has 0 saturated heterocycles. The maximum absolute atomic E-state index is 5.50. The number of ether oxygens (including phenoxy) is 3. The molecule has 1 aromatic rings. The summed E-state index contributed by atoms with van der Waals surface area (Å²) in [5.41, 5.74) is 1.20. The van der Waals surface area contributed by atoms with E-state index in [0.29, 0.717) is 5.75 Å². The molecule has 0 aliphatic rings. The number of hydrogen-bond donors (Lipinski definition) is 0. The first kappa shape index (κ1) is 16.7. The minimum atomic E-state index is 0.693. The molecular weight excluding hydrogens is 252 g/mol. The zero-order valence-electron chi connectivity index (χ0n) is 13.3. The van der Waals surface area contributed by atoms with Crippen LogP contribution in [-0.2, 0) is 6.42 Å². The molecule has 1 aromatic carbocycles. The maximum atomic E-state index is 5.50. The monoisotopic (exact) mass is 280 g/mol. The average Bonchev–Trinajstić information content (AvgIpc) is 2.49. The van der Waals surface area contributed by atoms with Gasteiger partial charge in [-0.25, -0.2) is 0 Å². The zero-order valence-corrected chi connectivity index (χ0v) is 13.3. The maximum Gasteiger partial charge on any atom is 0.203 e. The molecule has 0 saturated carbocycles. The summed E-state index contributed by atoms with van der Waals surface area (Å²) in [5, 5.41) is 0. The van der Waals surface area contributed by atoms with Crippen molar-refractivity contribution in [2.24, 2.45) is 0 Å². The molecule has 3 heteroatoms. The lowest BCUT2D eigenvalue weighted by molar-refractivity contribution is 0.322.